The third-order valence-corrected chi connectivity index (χ3v) is 10.0. The molecule has 0 unspecified atom stereocenters. The number of anilines is 3. The van der Waals surface area contributed by atoms with E-state index in [0.717, 1.165) is 21.9 Å². The van der Waals surface area contributed by atoms with Crippen molar-refractivity contribution in [1.82, 2.24) is 4.98 Å². The van der Waals surface area contributed by atoms with Gasteiger partial charge in [0.25, 0.3) is 0 Å². The summed E-state index contributed by atoms with van der Waals surface area (Å²) < 4.78 is 1.25. The van der Waals surface area contributed by atoms with E-state index < -0.39 is 0 Å². The Kier molecular flexibility index (Phi) is 6.36. The molecule has 9 rings (SSSR count). The third kappa shape index (κ3) is 4.52. The van der Waals surface area contributed by atoms with Crippen LogP contribution < -0.4 is 4.90 Å². The maximum absolute atomic E-state index is 4.63. The Labute approximate surface area is 271 Å². The summed E-state index contributed by atoms with van der Waals surface area (Å²) in [5, 5.41) is 7.52. The van der Waals surface area contributed by atoms with Gasteiger partial charge in [-0.05, 0) is 104 Å². The minimum atomic E-state index is 1.07. The second-order valence-electron chi connectivity index (χ2n) is 11.6. The van der Waals surface area contributed by atoms with Gasteiger partial charge in [-0.1, -0.05) is 103 Å². The number of fused-ring (bicyclic) bond motifs is 6. The maximum atomic E-state index is 4.63. The molecule has 0 fully saturated rings. The van der Waals surface area contributed by atoms with E-state index in [-0.39, 0.29) is 0 Å². The van der Waals surface area contributed by atoms with Gasteiger partial charge in [0.2, 0.25) is 0 Å². The van der Waals surface area contributed by atoms with E-state index in [1.54, 1.807) is 11.3 Å². The van der Waals surface area contributed by atoms with Gasteiger partial charge in [-0.15, -0.1) is 11.3 Å². The largest absolute Gasteiger partial charge is 0.310 e. The van der Waals surface area contributed by atoms with Crippen molar-refractivity contribution < 1.29 is 0 Å². The molecule has 3 heteroatoms. The van der Waals surface area contributed by atoms with Gasteiger partial charge in [-0.25, -0.2) is 4.98 Å². The molecule has 0 amide bonds. The molecule has 0 N–H and O–H groups in total. The quantitative estimate of drug-likeness (QED) is 0.182. The van der Waals surface area contributed by atoms with Gasteiger partial charge < -0.3 is 4.90 Å². The van der Waals surface area contributed by atoms with Crippen LogP contribution in [0.25, 0.3) is 64.1 Å². The molecule has 46 heavy (non-hydrogen) atoms. The van der Waals surface area contributed by atoms with Gasteiger partial charge in [-0.2, -0.15) is 0 Å². The van der Waals surface area contributed by atoms with Crippen LogP contribution in [0.1, 0.15) is 0 Å². The molecule has 0 saturated heterocycles. The molecule has 0 spiro atoms. The lowest BCUT2D eigenvalue weighted by Crippen LogP contribution is -2.09. The molecule has 9 aromatic rings. The minimum absolute atomic E-state index is 1.07. The predicted molar refractivity (Wildman–Crippen MR) is 198 cm³/mol. The average Bonchev–Trinajstić information content (AvgIpc) is 3.51. The lowest BCUT2D eigenvalue weighted by atomic mass is 9.93. The molecule has 0 aliphatic heterocycles. The monoisotopic (exact) mass is 604 g/mol. The highest BCUT2D eigenvalue weighted by atomic mass is 32.1. The second-order valence-corrected chi connectivity index (χ2v) is 12.7. The van der Waals surface area contributed by atoms with Gasteiger partial charge in [0.15, 0.2) is 0 Å². The van der Waals surface area contributed by atoms with E-state index in [0.29, 0.717) is 0 Å². The molecule has 2 aromatic heterocycles. The number of hydrogen-bond acceptors (Lipinski definition) is 3. The van der Waals surface area contributed by atoms with E-state index in [1.165, 1.54) is 59.3 Å². The molecule has 7 aromatic carbocycles. The smallest absolute Gasteiger partial charge is 0.124 e. The van der Waals surface area contributed by atoms with Crippen molar-refractivity contribution in [2.45, 2.75) is 0 Å². The van der Waals surface area contributed by atoms with Crippen molar-refractivity contribution in [2.75, 3.05) is 4.90 Å². The molecule has 0 saturated carbocycles. The van der Waals surface area contributed by atoms with E-state index in [2.05, 4.69) is 168 Å². The number of rotatable bonds is 5. The zero-order valence-electron chi connectivity index (χ0n) is 25.0. The normalized spacial score (nSPS) is 11.5. The van der Waals surface area contributed by atoms with E-state index in [4.69, 9.17) is 0 Å². The van der Waals surface area contributed by atoms with E-state index >= 15 is 0 Å². The summed E-state index contributed by atoms with van der Waals surface area (Å²) >= 11 is 1.74. The van der Waals surface area contributed by atoms with Gasteiger partial charge >= 0.3 is 0 Å². The summed E-state index contributed by atoms with van der Waals surface area (Å²) in [6.07, 6.45) is 1.87. The predicted octanol–water partition coefficient (Wildman–Crippen LogP) is 12.6. The van der Waals surface area contributed by atoms with Crippen molar-refractivity contribution in [3.63, 3.8) is 0 Å². The van der Waals surface area contributed by atoms with Gasteiger partial charge in [0, 0.05) is 38.7 Å². The van der Waals surface area contributed by atoms with Crippen molar-refractivity contribution in [1.29, 1.82) is 0 Å². The molecule has 216 valence electrons. The Morgan fingerprint density at radius 1 is 0.413 bits per heavy atom. The van der Waals surface area contributed by atoms with Crippen LogP contribution in [0.4, 0.5) is 17.1 Å². The fourth-order valence-corrected chi connectivity index (χ4v) is 7.73. The van der Waals surface area contributed by atoms with Crippen LogP contribution in [0.15, 0.2) is 170 Å². The number of hydrogen-bond donors (Lipinski definition) is 0. The average molecular weight is 605 g/mol. The first kappa shape index (κ1) is 26.6. The zero-order chi connectivity index (χ0) is 30.5. The first-order valence-corrected chi connectivity index (χ1v) is 16.4. The highest BCUT2D eigenvalue weighted by Gasteiger charge is 2.16. The number of nitrogens with zero attached hydrogens (tertiary/aromatic N) is 2. The number of pyridine rings is 1. The fourth-order valence-electron chi connectivity index (χ4n) is 6.70. The van der Waals surface area contributed by atoms with E-state index in [1.807, 2.05) is 12.3 Å². The summed E-state index contributed by atoms with van der Waals surface area (Å²) in [5.41, 5.74) is 8.21. The summed E-state index contributed by atoms with van der Waals surface area (Å²) in [6, 6.07) is 59.2. The molecular formula is C43H28N2S. The topological polar surface area (TPSA) is 16.1 Å². The Hall–Kier alpha value is -5.77. The van der Waals surface area contributed by atoms with E-state index in [9.17, 15) is 0 Å². The molecule has 0 radical (unpaired) electrons. The summed E-state index contributed by atoms with van der Waals surface area (Å²) in [7, 11) is 0. The molecule has 0 bridgehead atoms. The molecule has 2 heterocycles. The van der Waals surface area contributed by atoms with Crippen molar-refractivity contribution in [3.05, 3.63) is 170 Å². The highest BCUT2D eigenvalue weighted by Crippen LogP contribution is 2.42. The Bertz CT molecular complexity index is 2510. The molecule has 0 aliphatic carbocycles. The highest BCUT2D eigenvalue weighted by molar-refractivity contribution is 7.25. The van der Waals surface area contributed by atoms with Crippen LogP contribution in [0, 0.1) is 0 Å². The number of thiophene rings is 1. The first-order chi connectivity index (χ1) is 22.8. The van der Waals surface area contributed by atoms with Gasteiger partial charge in [0.05, 0.1) is 0 Å². The summed E-state index contributed by atoms with van der Waals surface area (Å²) in [4.78, 5) is 8.06. The fraction of sp³-hybridized carbons (Fsp3) is 0. The van der Waals surface area contributed by atoms with Crippen molar-refractivity contribution >= 4 is 70.2 Å². The molecule has 0 aliphatic rings. The molecular weight excluding hydrogens is 577 g/mol. The minimum Gasteiger partial charge on any atom is -0.310 e. The summed E-state index contributed by atoms with van der Waals surface area (Å²) in [5.74, 6) is 0. The lowest BCUT2D eigenvalue weighted by molar-refractivity contribution is 1.29. The van der Waals surface area contributed by atoms with Crippen molar-refractivity contribution in [2.24, 2.45) is 0 Å². The maximum Gasteiger partial charge on any atom is 0.124 e. The van der Waals surface area contributed by atoms with Crippen LogP contribution in [-0.2, 0) is 0 Å². The standard InChI is InChI=1S/C43H28N2S/c1-2-9-29(10-3-1)30-16-20-33(21-17-30)45(35-24-25-42-41(28-35)39-15-8-26-44-43(39)46-42)34-22-18-31(19-23-34)40-27-32-11-4-5-12-36(32)37-13-6-7-14-38(37)40/h1-28H. The number of aromatic nitrogens is 1. The third-order valence-electron chi connectivity index (χ3n) is 8.93. The molecule has 2 nitrogen and oxygen atoms in total. The lowest BCUT2D eigenvalue weighted by Gasteiger charge is -2.26. The van der Waals surface area contributed by atoms with Crippen LogP contribution in [0.5, 0.6) is 0 Å². The first-order valence-electron chi connectivity index (χ1n) is 15.5. The molecule has 0 atom stereocenters. The SMILES string of the molecule is c1ccc(-c2ccc(N(c3ccc(-c4cc5ccccc5c5ccccc45)cc3)c3ccc4sc5ncccc5c4c3)cc2)cc1. The Morgan fingerprint density at radius 3 is 1.80 bits per heavy atom. The summed E-state index contributed by atoms with van der Waals surface area (Å²) in [6.45, 7) is 0. The van der Waals surface area contributed by atoms with Gasteiger partial charge in [0.1, 0.15) is 4.83 Å². The van der Waals surface area contributed by atoms with Crippen LogP contribution in [0.2, 0.25) is 0 Å². The van der Waals surface area contributed by atoms with Crippen LogP contribution in [0.3, 0.4) is 0 Å². The number of benzene rings is 7. The van der Waals surface area contributed by atoms with Crippen molar-refractivity contribution in [3.8, 4) is 22.3 Å². The Morgan fingerprint density at radius 2 is 1.02 bits per heavy atom. The Balaban J connectivity index is 1.18. The zero-order valence-corrected chi connectivity index (χ0v) is 25.8. The van der Waals surface area contributed by atoms with Crippen LogP contribution in [-0.4, -0.2) is 4.98 Å². The van der Waals surface area contributed by atoms with Gasteiger partial charge in [-0.3, -0.25) is 0 Å². The second kappa shape index (κ2) is 11.0. The van der Waals surface area contributed by atoms with Crippen LogP contribution >= 0.6 is 11.3 Å².